The predicted octanol–water partition coefficient (Wildman–Crippen LogP) is 22.0. The first-order valence-electron chi connectivity index (χ1n) is 29.3. The fourth-order valence-corrected chi connectivity index (χ4v) is 20.3. The van der Waals surface area contributed by atoms with Crippen molar-refractivity contribution in [3.63, 3.8) is 0 Å². The molecule has 0 bridgehead atoms. The lowest BCUT2D eigenvalue weighted by Crippen LogP contribution is -2.19. The third-order valence-electron chi connectivity index (χ3n) is 16.1. The highest BCUT2D eigenvalue weighted by Gasteiger charge is 2.39. The summed E-state index contributed by atoms with van der Waals surface area (Å²) in [6, 6.07) is 38.4. The highest BCUT2D eigenvalue weighted by Crippen LogP contribution is 2.53. The quantitative estimate of drug-likeness (QED) is 0.0630. The van der Waals surface area contributed by atoms with E-state index in [9.17, 15) is 105 Å². The summed E-state index contributed by atoms with van der Waals surface area (Å²) in [5.41, 5.74) is -8.04. The summed E-state index contributed by atoms with van der Waals surface area (Å²) in [4.78, 5) is 0. The third kappa shape index (κ3) is 17.9. The van der Waals surface area contributed by atoms with Gasteiger partial charge in [0.2, 0.25) is 0 Å². The lowest BCUT2D eigenvalue weighted by Gasteiger charge is -2.29. The normalized spacial score (nSPS) is 13.1. The zero-order chi connectivity index (χ0) is 72.7. The minimum Gasteiger partial charge on any atom is -0.166 e. The van der Waals surface area contributed by atoms with Crippen molar-refractivity contribution < 1.29 is 105 Å². The van der Waals surface area contributed by atoms with Gasteiger partial charge in [-0.3, -0.25) is 0 Å². The second-order valence-corrected chi connectivity index (χ2v) is 31.4. The zero-order valence-corrected chi connectivity index (χ0v) is 54.2. The van der Waals surface area contributed by atoms with E-state index in [-0.39, 0.29) is 100 Å². The number of rotatable bonds is 17. The molecule has 0 nitrogen and oxygen atoms in total. The Morgan fingerprint density at radius 1 is 0.160 bits per heavy atom. The molecule has 100 heavy (non-hydrogen) atoms. The maximum atomic E-state index is 14.3. The molecule has 0 radical (unpaired) electrons. The van der Waals surface area contributed by atoms with E-state index in [2.05, 4.69) is 0 Å². The van der Waals surface area contributed by atoms with Crippen LogP contribution in [-0.2, 0) is 74.1 Å². The highest BCUT2D eigenvalue weighted by molar-refractivity contribution is 7.73. The van der Waals surface area contributed by atoms with Crippen LogP contribution in [0.4, 0.5) is 105 Å². The molecule has 28 heteroatoms. The number of hydrogen-bond donors (Lipinski definition) is 0. The Hall–Kier alpha value is -7.76. The molecular formula is C72H46F24P4. The molecule has 0 saturated carbocycles. The van der Waals surface area contributed by atoms with Crippen LogP contribution < -0.4 is 42.4 Å². The lowest BCUT2D eigenvalue weighted by molar-refractivity contribution is -0.138. The molecule has 0 aliphatic carbocycles. The van der Waals surface area contributed by atoms with E-state index in [4.69, 9.17) is 0 Å². The Balaban J connectivity index is 1.31. The maximum Gasteiger partial charge on any atom is 0.416 e. The molecule has 522 valence electrons. The van der Waals surface area contributed by atoms with Gasteiger partial charge in [-0.05, 0) is 205 Å². The molecule has 0 heterocycles. The second-order valence-electron chi connectivity index (χ2n) is 22.6. The zero-order valence-electron chi connectivity index (χ0n) is 50.6. The Morgan fingerprint density at radius 2 is 0.270 bits per heavy atom. The van der Waals surface area contributed by atoms with E-state index in [1.807, 2.05) is 0 Å². The molecule has 10 rings (SSSR count). The van der Waals surface area contributed by atoms with Gasteiger partial charge in [0, 0.05) is 24.6 Å². The Labute approximate surface area is 559 Å². The summed E-state index contributed by atoms with van der Waals surface area (Å²) in [5, 5.41) is 1.04. The van der Waals surface area contributed by atoms with Gasteiger partial charge in [-0.1, -0.05) is 133 Å². The molecular weight excluding hydrogens is 1440 g/mol. The smallest absolute Gasteiger partial charge is 0.166 e. The van der Waals surface area contributed by atoms with Crippen molar-refractivity contribution >= 4 is 74.1 Å². The monoisotopic (exact) mass is 1490 g/mol. The van der Waals surface area contributed by atoms with Crippen LogP contribution in [0.5, 0.6) is 0 Å². The Bertz CT molecular complexity index is 3620. The van der Waals surface area contributed by atoms with Gasteiger partial charge < -0.3 is 0 Å². The lowest BCUT2D eigenvalue weighted by atomic mass is 9.89. The van der Waals surface area contributed by atoms with Gasteiger partial charge in [-0.2, -0.15) is 105 Å². The van der Waals surface area contributed by atoms with Gasteiger partial charge in [0.25, 0.3) is 0 Å². The topological polar surface area (TPSA) is 0 Å². The molecule has 10 aromatic carbocycles. The molecule has 0 aliphatic heterocycles. The Morgan fingerprint density at radius 3 is 0.370 bits per heavy atom. The van der Waals surface area contributed by atoms with Crippen LogP contribution >= 0.6 is 31.7 Å². The Kier molecular flexibility index (Phi) is 21.7. The summed E-state index contributed by atoms with van der Waals surface area (Å²) in [5.74, 6) is 0. The van der Waals surface area contributed by atoms with Crippen LogP contribution in [-0.4, -0.2) is 0 Å². The van der Waals surface area contributed by atoms with Crippen LogP contribution in [0.3, 0.4) is 0 Å². The average Bonchev–Trinajstić information content (AvgIpc) is 0.754. The minimum atomic E-state index is -4.91. The van der Waals surface area contributed by atoms with Crippen molar-refractivity contribution in [3.05, 3.63) is 297 Å². The van der Waals surface area contributed by atoms with Crippen molar-refractivity contribution in [2.75, 3.05) is 0 Å². The van der Waals surface area contributed by atoms with Gasteiger partial charge >= 0.3 is 49.4 Å². The SMILES string of the molecule is FC(F)(F)c1ccc(P(Cc2cccc(CP(c3ccc(C(F)(F)F)cc3)c3ccc(C(F)(F)F)cc3)c2-c2c(CP(c3ccc(C(F)(F)F)cc3)c3ccc(C(F)(F)F)cc3)cccc2CP(c2ccc(C(F)(F)F)cc2)c2ccc(C(F)(F)F)cc2)c2ccc(C(F)(F)F)cc2)cc1. The number of alkyl halides is 24. The number of benzene rings is 10. The third-order valence-corrected chi connectivity index (χ3v) is 26.1. The fraction of sp³-hybridized carbons (Fsp3) is 0.167. The summed E-state index contributed by atoms with van der Waals surface area (Å²) in [6.07, 6.45) is -40.6. The maximum absolute atomic E-state index is 14.3. The molecule has 0 aliphatic rings. The molecule has 10 aromatic rings. The molecule has 0 spiro atoms. The second kappa shape index (κ2) is 28.9. The average molecular weight is 1490 g/mol. The largest absolute Gasteiger partial charge is 0.416 e. The van der Waals surface area contributed by atoms with Crippen LogP contribution in [0.2, 0.25) is 0 Å². The fourth-order valence-electron chi connectivity index (χ4n) is 11.1. The van der Waals surface area contributed by atoms with Crippen LogP contribution in [0, 0.1) is 0 Å². The van der Waals surface area contributed by atoms with E-state index >= 15 is 0 Å². The molecule has 0 unspecified atom stereocenters. The highest BCUT2D eigenvalue weighted by atomic mass is 31.1. The molecule has 0 atom stereocenters. The van der Waals surface area contributed by atoms with Gasteiger partial charge in [0.05, 0.1) is 44.5 Å². The molecule has 0 fully saturated rings. The van der Waals surface area contributed by atoms with Gasteiger partial charge in [-0.15, -0.1) is 0 Å². The van der Waals surface area contributed by atoms with Crippen molar-refractivity contribution in [1.29, 1.82) is 0 Å². The summed E-state index contributed by atoms with van der Waals surface area (Å²) >= 11 is 0. The van der Waals surface area contributed by atoms with Crippen molar-refractivity contribution in [2.45, 2.75) is 74.1 Å². The summed E-state index contributed by atoms with van der Waals surface area (Å²) in [7, 11) is -8.92. The molecule has 0 saturated heterocycles. The summed E-state index contributed by atoms with van der Waals surface area (Å²) in [6.45, 7) is 0. The first-order chi connectivity index (χ1) is 46.6. The van der Waals surface area contributed by atoms with Crippen LogP contribution in [0.1, 0.15) is 66.8 Å². The van der Waals surface area contributed by atoms with Crippen molar-refractivity contribution in [2.24, 2.45) is 0 Å². The predicted molar refractivity (Wildman–Crippen MR) is 343 cm³/mol. The standard InChI is InChI=1S/C72H46F24P4/c73-65(74,75)47-7-23-55(24-8-47)97(56-25-9-48(10-26-56)66(76,77)78)39-43-3-1-4-44(40-98(57-27-11-49(12-28-57)67(79,80)81)58-29-13-50(14-30-58)68(82,83)84)63(43)64-45(41-99(59-31-15-51(16-32-59)69(85,86)87)60-33-17-52(18-34-60)70(88,89)90)5-2-6-46(64)42-100(61-35-19-53(20-36-61)71(91,92)93)62-37-21-54(22-38-62)72(94,95)96/h1-38H,39-42H2. The van der Waals surface area contributed by atoms with Crippen molar-refractivity contribution in [3.8, 4) is 11.1 Å². The van der Waals surface area contributed by atoms with E-state index in [0.29, 0.717) is 0 Å². The van der Waals surface area contributed by atoms with Gasteiger partial charge in [0.15, 0.2) is 0 Å². The minimum absolute atomic E-state index is 0.121. The summed E-state index contributed by atoms with van der Waals surface area (Å²) < 4.78 is 343. The van der Waals surface area contributed by atoms with E-state index in [0.717, 1.165) is 194 Å². The molecule has 0 amide bonds. The van der Waals surface area contributed by atoms with Crippen molar-refractivity contribution in [1.82, 2.24) is 0 Å². The first kappa shape index (κ1) is 74.9. The number of hydrogen-bond acceptors (Lipinski definition) is 0. The van der Waals surface area contributed by atoms with E-state index < -0.39 is 126 Å². The molecule has 0 aromatic heterocycles. The van der Waals surface area contributed by atoms with Crippen LogP contribution in [0.15, 0.2) is 231 Å². The molecule has 0 N–H and O–H groups in total. The van der Waals surface area contributed by atoms with E-state index in [1.54, 1.807) is 0 Å². The van der Waals surface area contributed by atoms with Crippen LogP contribution in [0.25, 0.3) is 11.1 Å². The van der Waals surface area contributed by atoms with Gasteiger partial charge in [0.1, 0.15) is 0 Å². The van der Waals surface area contributed by atoms with E-state index in [1.165, 1.54) is 36.4 Å². The first-order valence-corrected chi connectivity index (χ1v) is 35.4. The van der Waals surface area contributed by atoms with Gasteiger partial charge in [-0.25, -0.2) is 0 Å². The number of halogens is 24.